The number of benzene rings is 1. The van der Waals surface area contributed by atoms with Crippen LogP contribution in [0.4, 0.5) is 5.82 Å². The van der Waals surface area contributed by atoms with Gasteiger partial charge in [-0.2, -0.15) is 0 Å². The van der Waals surface area contributed by atoms with Gasteiger partial charge in [0.15, 0.2) is 0 Å². The van der Waals surface area contributed by atoms with Crippen molar-refractivity contribution in [1.82, 2.24) is 15.6 Å². The van der Waals surface area contributed by atoms with Gasteiger partial charge in [0.1, 0.15) is 11.6 Å². The summed E-state index contributed by atoms with van der Waals surface area (Å²) in [6.07, 6.45) is 3.72. The van der Waals surface area contributed by atoms with Crippen LogP contribution in [0.15, 0.2) is 48.7 Å². The normalized spacial score (nSPS) is 14.4. The van der Waals surface area contributed by atoms with Gasteiger partial charge < -0.3 is 20.3 Å². The molecular formula is C21H26N4O3. The molecule has 1 aromatic carbocycles. The van der Waals surface area contributed by atoms with Crippen LogP contribution in [0.3, 0.4) is 0 Å². The van der Waals surface area contributed by atoms with Crippen molar-refractivity contribution in [3.63, 3.8) is 0 Å². The first-order valence-electron chi connectivity index (χ1n) is 9.50. The number of anilines is 1. The minimum Gasteiger partial charge on any atom is -0.497 e. The Hall–Kier alpha value is -3.09. The van der Waals surface area contributed by atoms with Crippen LogP contribution in [0.5, 0.6) is 5.75 Å². The monoisotopic (exact) mass is 382 g/mol. The molecule has 0 bridgehead atoms. The Bertz CT molecular complexity index is 789. The van der Waals surface area contributed by atoms with E-state index in [1.807, 2.05) is 42.5 Å². The zero-order chi connectivity index (χ0) is 19.8. The summed E-state index contributed by atoms with van der Waals surface area (Å²) in [5, 5.41) is 5.40. The third-order valence-electron chi connectivity index (χ3n) is 4.93. The lowest BCUT2D eigenvalue weighted by Crippen LogP contribution is -2.43. The summed E-state index contributed by atoms with van der Waals surface area (Å²) in [6, 6.07) is 13.3. The molecule has 0 unspecified atom stereocenters. The molecule has 0 atom stereocenters. The Morgan fingerprint density at radius 2 is 1.89 bits per heavy atom. The van der Waals surface area contributed by atoms with Gasteiger partial charge in [-0.15, -0.1) is 0 Å². The maximum absolute atomic E-state index is 12.0. The van der Waals surface area contributed by atoms with Crippen molar-refractivity contribution in [3.8, 4) is 5.75 Å². The number of aromatic nitrogens is 1. The van der Waals surface area contributed by atoms with Gasteiger partial charge in [-0.3, -0.25) is 9.59 Å². The number of nitrogens with one attached hydrogen (secondary N) is 2. The highest BCUT2D eigenvalue weighted by Gasteiger charge is 2.21. The third kappa shape index (κ3) is 5.45. The van der Waals surface area contributed by atoms with E-state index in [0.29, 0.717) is 18.2 Å². The second-order valence-corrected chi connectivity index (χ2v) is 6.86. The zero-order valence-electron chi connectivity index (χ0n) is 16.1. The van der Waals surface area contributed by atoms with Gasteiger partial charge in [0.2, 0.25) is 0 Å². The number of pyridine rings is 1. The average Bonchev–Trinajstić information content (AvgIpc) is 2.77. The molecule has 28 heavy (non-hydrogen) atoms. The summed E-state index contributed by atoms with van der Waals surface area (Å²) < 4.78 is 5.15. The predicted octanol–water partition coefficient (Wildman–Crippen LogP) is 1.74. The van der Waals surface area contributed by atoms with E-state index in [1.54, 1.807) is 13.3 Å². The highest BCUT2D eigenvalue weighted by atomic mass is 16.5. The van der Waals surface area contributed by atoms with Crippen molar-refractivity contribution < 1.29 is 14.3 Å². The van der Waals surface area contributed by atoms with E-state index < -0.39 is 11.8 Å². The first kappa shape index (κ1) is 19.7. The van der Waals surface area contributed by atoms with Crippen LogP contribution in [0, 0.1) is 5.92 Å². The minimum atomic E-state index is -0.617. The molecule has 1 aliphatic rings. The molecule has 0 saturated carbocycles. The van der Waals surface area contributed by atoms with Crippen molar-refractivity contribution in [1.29, 1.82) is 0 Å². The maximum Gasteiger partial charge on any atom is 0.309 e. The molecule has 0 radical (unpaired) electrons. The van der Waals surface area contributed by atoms with Crippen molar-refractivity contribution in [3.05, 3.63) is 54.2 Å². The molecule has 1 aliphatic heterocycles. The second-order valence-electron chi connectivity index (χ2n) is 6.86. The number of amides is 2. The highest BCUT2D eigenvalue weighted by molar-refractivity contribution is 6.35. The molecule has 2 amide bonds. The summed E-state index contributed by atoms with van der Waals surface area (Å²) in [4.78, 5) is 30.7. The molecule has 7 nitrogen and oxygen atoms in total. The van der Waals surface area contributed by atoms with E-state index in [2.05, 4.69) is 20.5 Å². The fourth-order valence-electron chi connectivity index (χ4n) is 3.27. The molecule has 2 aromatic rings. The van der Waals surface area contributed by atoms with Crippen LogP contribution in [0.2, 0.25) is 0 Å². The van der Waals surface area contributed by atoms with Gasteiger partial charge in [0.05, 0.1) is 7.11 Å². The van der Waals surface area contributed by atoms with Crippen molar-refractivity contribution >= 4 is 17.6 Å². The summed E-state index contributed by atoms with van der Waals surface area (Å²) in [5.41, 5.74) is 0.877. The van der Waals surface area contributed by atoms with Crippen LogP contribution in [0.1, 0.15) is 18.4 Å². The number of piperidine rings is 1. The average molecular weight is 382 g/mol. The number of carbonyl (C=O) groups is 2. The molecule has 1 saturated heterocycles. The summed E-state index contributed by atoms with van der Waals surface area (Å²) >= 11 is 0. The van der Waals surface area contributed by atoms with E-state index >= 15 is 0 Å². The summed E-state index contributed by atoms with van der Waals surface area (Å²) in [6.45, 7) is 2.60. The SMILES string of the molecule is COc1cccc(CNC(=O)C(=O)NCC2CCN(c3ccccn3)CC2)c1. The molecular weight excluding hydrogens is 356 g/mol. The molecule has 1 fully saturated rings. The topological polar surface area (TPSA) is 83.6 Å². The van der Waals surface area contributed by atoms with Crippen molar-refractivity contribution in [2.75, 3.05) is 31.6 Å². The zero-order valence-corrected chi connectivity index (χ0v) is 16.1. The van der Waals surface area contributed by atoms with Crippen LogP contribution < -0.4 is 20.3 Å². The minimum absolute atomic E-state index is 0.284. The highest BCUT2D eigenvalue weighted by Crippen LogP contribution is 2.20. The number of hydrogen-bond acceptors (Lipinski definition) is 5. The standard InChI is InChI=1S/C21H26N4O3/c1-28-18-6-4-5-17(13-18)15-24-21(27)20(26)23-14-16-8-11-25(12-9-16)19-7-2-3-10-22-19/h2-7,10,13,16H,8-9,11-12,14-15H2,1H3,(H,23,26)(H,24,27). The van der Waals surface area contributed by atoms with Gasteiger partial charge in [-0.25, -0.2) is 4.98 Å². The molecule has 0 aliphatic carbocycles. The van der Waals surface area contributed by atoms with E-state index in [0.717, 1.165) is 37.3 Å². The van der Waals surface area contributed by atoms with Gasteiger partial charge in [-0.1, -0.05) is 18.2 Å². The lowest BCUT2D eigenvalue weighted by molar-refractivity contribution is -0.139. The van der Waals surface area contributed by atoms with Crippen molar-refractivity contribution in [2.45, 2.75) is 19.4 Å². The Morgan fingerprint density at radius 3 is 2.61 bits per heavy atom. The summed E-state index contributed by atoms with van der Waals surface area (Å²) in [7, 11) is 1.59. The molecule has 0 spiro atoms. The molecule has 2 heterocycles. The second kappa shape index (κ2) is 9.73. The summed E-state index contributed by atoms with van der Waals surface area (Å²) in [5.74, 6) is 0.869. The third-order valence-corrected chi connectivity index (χ3v) is 4.93. The van der Waals surface area contributed by atoms with E-state index in [1.165, 1.54) is 0 Å². The van der Waals surface area contributed by atoms with Crippen LogP contribution in [-0.4, -0.2) is 43.5 Å². The maximum atomic E-state index is 12.0. The smallest absolute Gasteiger partial charge is 0.309 e. The quantitative estimate of drug-likeness (QED) is 0.744. The van der Waals surface area contributed by atoms with Crippen LogP contribution in [-0.2, 0) is 16.1 Å². The van der Waals surface area contributed by atoms with E-state index in [4.69, 9.17) is 4.74 Å². The van der Waals surface area contributed by atoms with Gasteiger partial charge in [0.25, 0.3) is 0 Å². The van der Waals surface area contributed by atoms with Gasteiger partial charge >= 0.3 is 11.8 Å². The lowest BCUT2D eigenvalue weighted by Gasteiger charge is -2.32. The molecule has 1 aromatic heterocycles. The Balaban J connectivity index is 1.37. The van der Waals surface area contributed by atoms with E-state index in [-0.39, 0.29) is 6.54 Å². The van der Waals surface area contributed by atoms with E-state index in [9.17, 15) is 9.59 Å². The Kier molecular flexibility index (Phi) is 6.84. The van der Waals surface area contributed by atoms with Gasteiger partial charge in [0, 0.05) is 32.4 Å². The fourth-order valence-corrected chi connectivity index (χ4v) is 3.27. The molecule has 148 valence electrons. The van der Waals surface area contributed by atoms with Gasteiger partial charge in [-0.05, 0) is 48.6 Å². The number of hydrogen-bond donors (Lipinski definition) is 2. The van der Waals surface area contributed by atoms with Crippen LogP contribution in [0.25, 0.3) is 0 Å². The van der Waals surface area contributed by atoms with Crippen molar-refractivity contribution in [2.24, 2.45) is 5.92 Å². The van der Waals surface area contributed by atoms with Crippen LogP contribution >= 0.6 is 0 Å². The Morgan fingerprint density at radius 1 is 1.11 bits per heavy atom. The number of carbonyl (C=O) groups excluding carboxylic acids is 2. The molecule has 2 N–H and O–H groups in total. The lowest BCUT2D eigenvalue weighted by atomic mass is 9.97. The molecule has 7 heteroatoms. The molecule has 3 rings (SSSR count). The fraction of sp³-hybridized carbons (Fsp3) is 0.381. The number of ether oxygens (including phenoxy) is 1. The number of rotatable bonds is 6. The Labute approximate surface area is 165 Å². The number of nitrogens with zero attached hydrogens (tertiary/aromatic N) is 2. The number of methoxy groups -OCH3 is 1. The largest absolute Gasteiger partial charge is 0.497 e. The first-order valence-corrected chi connectivity index (χ1v) is 9.50. The predicted molar refractivity (Wildman–Crippen MR) is 107 cm³/mol. The first-order chi connectivity index (χ1) is 13.7.